The lowest BCUT2D eigenvalue weighted by atomic mass is 10.1. The van der Waals surface area contributed by atoms with Crippen LogP contribution in [0.5, 0.6) is 0 Å². The highest BCUT2D eigenvalue weighted by Crippen LogP contribution is 2.27. The summed E-state index contributed by atoms with van der Waals surface area (Å²) < 4.78 is 38.5. The predicted octanol–water partition coefficient (Wildman–Crippen LogP) is 3.84. The van der Waals surface area contributed by atoms with Crippen molar-refractivity contribution in [2.45, 2.75) is 25.9 Å². The van der Waals surface area contributed by atoms with Crippen molar-refractivity contribution in [3.63, 3.8) is 0 Å². The first kappa shape index (κ1) is 12.7. The fourth-order valence-electron chi connectivity index (χ4n) is 1.72. The third-order valence-corrected chi connectivity index (χ3v) is 2.62. The van der Waals surface area contributed by atoms with Gasteiger partial charge in [-0.05, 0) is 30.2 Å². The molecule has 0 N–H and O–H groups in total. The topological polar surface area (TPSA) is 17.8 Å². The molecule has 0 atom stereocenters. The van der Waals surface area contributed by atoms with E-state index in [9.17, 15) is 13.2 Å². The lowest BCUT2D eigenvalue weighted by Crippen LogP contribution is -2.07. The molecule has 96 valence electrons. The minimum absolute atomic E-state index is 0.630. The van der Waals surface area contributed by atoms with Crippen molar-refractivity contribution in [2.24, 2.45) is 0 Å². The van der Waals surface area contributed by atoms with E-state index >= 15 is 0 Å². The van der Waals surface area contributed by atoms with Crippen molar-refractivity contribution >= 4 is 0 Å². The molecule has 0 fully saturated rings. The zero-order valence-corrected chi connectivity index (χ0v) is 9.91. The molecule has 2 aromatic rings. The van der Waals surface area contributed by atoms with E-state index in [1.54, 1.807) is 12.1 Å². The smallest absolute Gasteiger partial charge is 0.240 e. The van der Waals surface area contributed by atoms with E-state index in [-0.39, 0.29) is 0 Å². The molecule has 18 heavy (non-hydrogen) atoms. The van der Waals surface area contributed by atoms with Crippen molar-refractivity contribution < 1.29 is 13.2 Å². The Kier molecular flexibility index (Phi) is 3.41. The number of nitrogens with zero attached hydrogens (tertiary/aromatic N) is 2. The van der Waals surface area contributed by atoms with Gasteiger partial charge in [0, 0.05) is 6.20 Å². The van der Waals surface area contributed by atoms with Gasteiger partial charge in [0.05, 0.1) is 5.69 Å². The molecular formula is C13H13F3N2. The Morgan fingerprint density at radius 1 is 1.11 bits per heavy atom. The molecule has 0 saturated carbocycles. The van der Waals surface area contributed by atoms with Gasteiger partial charge < -0.3 is 0 Å². The van der Waals surface area contributed by atoms with Gasteiger partial charge in [-0.15, -0.1) is 0 Å². The van der Waals surface area contributed by atoms with Crippen LogP contribution in [-0.2, 0) is 12.6 Å². The summed E-state index contributed by atoms with van der Waals surface area (Å²) in [5, 5.41) is 3.52. The fraction of sp³-hybridized carbons (Fsp3) is 0.308. The number of hydrogen-bond donors (Lipinski definition) is 0. The van der Waals surface area contributed by atoms with E-state index in [1.165, 1.54) is 16.4 Å². The second kappa shape index (κ2) is 4.84. The Bertz CT molecular complexity index is 512. The Morgan fingerprint density at radius 3 is 2.28 bits per heavy atom. The summed E-state index contributed by atoms with van der Waals surface area (Å²) >= 11 is 0. The largest absolute Gasteiger partial charge is 0.435 e. The molecule has 0 bridgehead atoms. The molecule has 0 amide bonds. The summed E-state index contributed by atoms with van der Waals surface area (Å²) in [5.74, 6) is 0. The highest BCUT2D eigenvalue weighted by molar-refractivity contribution is 5.34. The summed E-state index contributed by atoms with van der Waals surface area (Å²) in [6.07, 6.45) is -1.07. The number of aromatic nitrogens is 2. The molecule has 0 spiro atoms. The van der Waals surface area contributed by atoms with Crippen molar-refractivity contribution in [1.29, 1.82) is 0 Å². The van der Waals surface area contributed by atoms with Gasteiger partial charge in [0.2, 0.25) is 0 Å². The Hall–Kier alpha value is -1.78. The van der Waals surface area contributed by atoms with Crippen molar-refractivity contribution in [3.8, 4) is 5.69 Å². The van der Waals surface area contributed by atoms with Crippen LogP contribution < -0.4 is 0 Å². The number of halogens is 3. The second-order valence-electron chi connectivity index (χ2n) is 4.06. The maximum Gasteiger partial charge on any atom is 0.435 e. The third-order valence-electron chi connectivity index (χ3n) is 2.62. The van der Waals surface area contributed by atoms with E-state index in [1.807, 2.05) is 12.1 Å². The van der Waals surface area contributed by atoms with Crippen LogP contribution in [0.25, 0.3) is 5.69 Å². The zero-order chi connectivity index (χ0) is 13.2. The molecule has 1 aromatic heterocycles. The summed E-state index contributed by atoms with van der Waals surface area (Å²) in [4.78, 5) is 0. The summed E-state index contributed by atoms with van der Waals surface area (Å²) in [6, 6.07) is 8.35. The lowest BCUT2D eigenvalue weighted by Gasteiger charge is -2.04. The quantitative estimate of drug-likeness (QED) is 0.813. The third kappa shape index (κ3) is 2.72. The average Bonchev–Trinajstić information content (AvgIpc) is 2.79. The van der Waals surface area contributed by atoms with Crippen LogP contribution >= 0.6 is 0 Å². The fourth-order valence-corrected chi connectivity index (χ4v) is 1.72. The number of hydrogen-bond acceptors (Lipinski definition) is 1. The summed E-state index contributed by atoms with van der Waals surface area (Å²) in [5.41, 5.74) is 0.926. The molecule has 0 saturated heterocycles. The molecule has 0 unspecified atom stereocenters. The van der Waals surface area contributed by atoms with Gasteiger partial charge in [-0.3, -0.25) is 0 Å². The van der Waals surface area contributed by atoms with Crippen LogP contribution in [0.4, 0.5) is 13.2 Å². The molecule has 5 heteroatoms. The van der Waals surface area contributed by atoms with Crippen LogP contribution in [0, 0.1) is 0 Å². The molecule has 1 aromatic carbocycles. The Morgan fingerprint density at radius 2 is 1.78 bits per heavy atom. The minimum Gasteiger partial charge on any atom is -0.240 e. The number of aryl methyl sites for hydroxylation is 1. The standard InChI is InChI=1S/C13H13F3N2/c1-2-3-10-4-6-11(7-5-10)18-9-8-12(17-18)13(14,15)16/h4-9H,2-3H2,1H3. The molecule has 1 heterocycles. The van der Waals surface area contributed by atoms with Crippen molar-refractivity contribution in [1.82, 2.24) is 9.78 Å². The van der Waals surface area contributed by atoms with E-state index in [0.717, 1.165) is 18.9 Å². The van der Waals surface area contributed by atoms with Gasteiger partial charge in [-0.25, -0.2) is 4.68 Å². The molecule has 0 radical (unpaired) electrons. The van der Waals surface area contributed by atoms with Crippen LogP contribution in [0.1, 0.15) is 24.6 Å². The number of alkyl halides is 3. The average molecular weight is 254 g/mol. The molecule has 0 aliphatic rings. The first-order valence-corrected chi connectivity index (χ1v) is 5.73. The van der Waals surface area contributed by atoms with E-state index in [0.29, 0.717) is 5.69 Å². The highest BCUT2D eigenvalue weighted by Gasteiger charge is 2.33. The van der Waals surface area contributed by atoms with Gasteiger partial charge in [0.25, 0.3) is 0 Å². The van der Waals surface area contributed by atoms with Crippen LogP contribution in [0.15, 0.2) is 36.5 Å². The normalized spacial score (nSPS) is 11.8. The summed E-state index contributed by atoms with van der Waals surface area (Å²) in [7, 11) is 0. The SMILES string of the molecule is CCCc1ccc(-n2ccc(C(F)(F)F)n2)cc1. The number of rotatable bonds is 3. The molecular weight excluding hydrogens is 241 g/mol. The van der Waals surface area contributed by atoms with Crippen LogP contribution in [0.2, 0.25) is 0 Å². The molecule has 0 aliphatic heterocycles. The van der Waals surface area contributed by atoms with Gasteiger partial charge in [0.1, 0.15) is 0 Å². The second-order valence-corrected chi connectivity index (χ2v) is 4.06. The highest BCUT2D eigenvalue weighted by atomic mass is 19.4. The van der Waals surface area contributed by atoms with Gasteiger partial charge >= 0.3 is 6.18 Å². The van der Waals surface area contributed by atoms with E-state index < -0.39 is 11.9 Å². The lowest BCUT2D eigenvalue weighted by molar-refractivity contribution is -0.141. The van der Waals surface area contributed by atoms with Crippen molar-refractivity contribution in [2.75, 3.05) is 0 Å². The first-order chi connectivity index (χ1) is 8.50. The Balaban J connectivity index is 2.23. The van der Waals surface area contributed by atoms with E-state index in [4.69, 9.17) is 0 Å². The van der Waals surface area contributed by atoms with Crippen LogP contribution in [-0.4, -0.2) is 9.78 Å². The molecule has 2 rings (SSSR count). The maximum absolute atomic E-state index is 12.4. The maximum atomic E-state index is 12.4. The molecule has 0 aliphatic carbocycles. The van der Waals surface area contributed by atoms with Gasteiger partial charge in [-0.2, -0.15) is 18.3 Å². The van der Waals surface area contributed by atoms with Gasteiger partial charge in [-0.1, -0.05) is 25.5 Å². The minimum atomic E-state index is -4.40. The number of benzene rings is 1. The van der Waals surface area contributed by atoms with E-state index in [2.05, 4.69) is 12.0 Å². The first-order valence-electron chi connectivity index (χ1n) is 5.73. The monoisotopic (exact) mass is 254 g/mol. The van der Waals surface area contributed by atoms with Crippen molar-refractivity contribution in [3.05, 3.63) is 47.8 Å². The van der Waals surface area contributed by atoms with Crippen LogP contribution in [0.3, 0.4) is 0 Å². The van der Waals surface area contributed by atoms with Gasteiger partial charge in [0.15, 0.2) is 5.69 Å². The predicted molar refractivity (Wildman–Crippen MR) is 62.6 cm³/mol. The Labute approximate surface area is 103 Å². The zero-order valence-electron chi connectivity index (χ0n) is 9.91. The molecule has 2 nitrogen and oxygen atoms in total. The summed E-state index contributed by atoms with van der Waals surface area (Å²) in [6.45, 7) is 2.08.